The molecule has 6 heteroatoms. The molecule has 2 atom stereocenters. The van der Waals surface area contributed by atoms with Crippen molar-refractivity contribution in [2.24, 2.45) is 5.73 Å². The third kappa shape index (κ3) is 6.89. The van der Waals surface area contributed by atoms with E-state index in [0.717, 1.165) is 0 Å². The highest BCUT2D eigenvalue weighted by Crippen LogP contribution is 2.18. The summed E-state index contributed by atoms with van der Waals surface area (Å²) in [5.41, 5.74) is 5.26. The van der Waals surface area contributed by atoms with Gasteiger partial charge in [-0.3, -0.25) is 4.79 Å². The minimum absolute atomic E-state index is 0.0144. The highest BCUT2D eigenvalue weighted by Gasteiger charge is 2.18. The molecule has 0 spiro atoms. The lowest BCUT2D eigenvalue weighted by molar-refractivity contribution is -0.154. The normalized spacial score (nSPS) is 15.4. The van der Waals surface area contributed by atoms with E-state index >= 15 is 0 Å². The molecule has 1 aromatic rings. The van der Waals surface area contributed by atoms with Gasteiger partial charge in [-0.15, -0.1) is 0 Å². The van der Waals surface area contributed by atoms with E-state index in [1.165, 1.54) is 6.08 Å². The fraction of sp³-hybridized carbons (Fsp3) is 0.400. The van der Waals surface area contributed by atoms with Gasteiger partial charge >= 0.3 is 5.97 Å². The standard InChI is InChI=1S/C15H20ClNO3S/c1-15(2,3)20-14(18)10-11(17)9-13(16)21(19)12-7-5-4-6-8-12/h4-9,11H,10,17H2,1-3H3/b13-9+. The lowest BCUT2D eigenvalue weighted by atomic mass is 10.2. The molecule has 0 fully saturated rings. The van der Waals surface area contributed by atoms with Crippen molar-refractivity contribution in [1.82, 2.24) is 0 Å². The van der Waals surface area contributed by atoms with Gasteiger partial charge in [0.2, 0.25) is 0 Å². The summed E-state index contributed by atoms with van der Waals surface area (Å²) in [7, 11) is -1.49. The van der Waals surface area contributed by atoms with Crippen LogP contribution in [-0.2, 0) is 20.3 Å². The summed E-state index contributed by atoms with van der Waals surface area (Å²) in [6.45, 7) is 5.34. The second-order valence-corrected chi connectivity index (χ2v) is 7.59. The molecule has 0 aliphatic rings. The minimum Gasteiger partial charge on any atom is -0.460 e. The first-order valence-electron chi connectivity index (χ1n) is 6.50. The Morgan fingerprint density at radius 1 is 1.38 bits per heavy atom. The summed E-state index contributed by atoms with van der Waals surface area (Å²) in [6.07, 6.45) is 1.41. The Morgan fingerprint density at radius 2 is 1.95 bits per heavy atom. The molecule has 0 radical (unpaired) electrons. The van der Waals surface area contributed by atoms with Gasteiger partial charge in [-0.2, -0.15) is 0 Å². The number of hydrogen-bond acceptors (Lipinski definition) is 4. The number of halogens is 1. The van der Waals surface area contributed by atoms with Crippen LogP contribution in [0, 0.1) is 0 Å². The van der Waals surface area contributed by atoms with Crippen molar-refractivity contribution in [3.8, 4) is 0 Å². The van der Waals surface area contributed by atoms with E-state index < -0.39 is 28.4 Å². The molecule has 0 saturated carbocycles. The molecule has 0 amide bonds. The van der Waals surface area contributed by atoms with E-state index in [1.54, 1.807) is 45.0 Å². The Morgan fingerprint density at radius 3 is 2.48 bits per heavy atom. The van der Waals surface area contributed by atoms with Crippen LogP contribution < -0.4 is 5.73 Å². The number of hydrogen-bond donors (Lipinski definition) is 1. The molecule has 0 aliphatic heterocycles. The average molecular weight is 330 g/mol. The average Bonchev–Trinajstić information content (AvgIpc) is 2.36. The molecule has 0 saturated heterocycles. The molecular weight excluding hydrogens is 310 g/mol. The molecule has 21 heavy (non-hydrogen) atoms. The van der Waals surface area contributed by atoms with Crippen molar-refractivity contribution in [2.45, 2.75) is 43.7 Å². The maximum atomic E-state index is 12.1. The van der Waals surface area contributed by atoms with Gasteiger partial charge in [-0.25, -0.2) is 4.21 Å². The fourth-order valence-corrected chi connectivity index (χ4v) is 2.88. The highest BCUT2D eigenvalue weighted by molar-refractivity contribution is 7.90. The number of nitrogens with two attached hydrogens (primary N) is 1. The second kappa shape index (κ2) is 7.73. The lowest BCUT2D eigenvalue weighted by Crippen LogP contribution is -2.29. The van der Waals surface area contributed by atoms with Crippen LogP contribution in [0.15, 0.2) is 45.7 Å². The summed E-state index contributed by atoms with van der Waals surface area (Å²) >= 11 is 6.01. The van der Waals surface area contributed by atoms with Crippen LogP contribution >= 0.6 is 11.6 Å². The predicted molar refractivity (Wildman–Crippen MR) is 85.2 cm³/mol. The maximum Gasteiger partial charge on any atom is 0.308 e. The van der Waals surface area contributed by atoms with Crippen LogP contribution in [0.25, 0.3) is 0 Å². The van der Waals surface area contributed by atoms with Crippen molar-refractivity contribution >= 4 is 28.4 Å². The first kappa shape index (κ1) is 17.9. The van der Waals surface area contributed by atoms with Crippen molar-refractivity contribution in [1.29, 1.82) is 0 Å². The molecule has 0 aliphatic carbocycles. The Hall–Kier alpha value is -1.17. The van der Waals surface area contributed by atoms with Crippen molar-refractivity contribution in [2.75, 3.05) is 0 Å². The van der Waals surface area contributed by atoms with Crippen molar-refractivity contribution in [3.63, 3.8) is 0 Å². The van der Waals surface area contributed by atoms with E-state index in [1.807, 2.05) is 6.07 Å². The van der Waals surface area contributed by atoms with Crippen LogP contribution in [0.4, 0.5) is 0 Å². The molecule has 1 rings (SSSR count). The summed E-state index contributed by atoms with van der Waals surface area (Å²) in [5.74, 6) is -0.416. The van der Waals surface area contributed by atoms with Gasteiger partial charge in [0.05, 0.1) is 17.2 Å². The highest BCUT2D eigenvalue weighted by atomic mass is 35.5. The zero-order chi connectivity index (χ0) is 16.0. The van der Waals surface area contributed by atoms with E-state index in [-0.39, 0.29) is 10.8 Å². The molecule has 0 bridgehead atoms. The molecule has 4 nitrogen and oxygen atoms in total. The molecule has 116 valence electrons. The van der Waals surface area contributed by atoms with Gasteiger partial charge in [0.15, 0.2) is 0 Å². The van der Waals surface area contributed by atoms with Gasteiger partial charge in [0, 0.05) is 10.9 Å². The molecule has 1 aromatic carbocycles. The number of benzene rings is 1. The summed E-state index contributed by atoms with van der Waals surface area (Å²) in [4.78, 5) is 12.2. The van der Waals surface area contributed by atoms with Crippen LogP contribution in [-0.4, -0.2) is 21.8 Å². The Labute approximate surface area is 132 Å². The zero-order valence-electron chi connectivity index (χ0n) is 12.3. The summed E-state index contributed by atoms with van der Waals surface area (Å²) in [6, 6.07) is 8.17. The van der Waals surface area contributed by atoms with Crippen molar-refractivity contribution in [3.05, 3.63) is 40.8 Å². The smallest absolute Gasteiger partial charge is 0.308 e. The molecular formula is C15H20ClNO3S. The van der Waals surface area contributed by atoms with Gasteiger partial charge in [-0.05, 0) is 39.0 Å². The maximum absolute atomic E-state index is 12.1. The van der Waals surface area contributed by atoms with Gasteiger partial charge < -0.3 is 10.5 Å². The molecule has 0 aromatic heterocycles. The van der Waals surface area contributed by atoms with Gasteiger partial charge in [-0.1, -0.05) is 29.8 Å². The number of carbonyl (C=O) groups is 1. The lowest BCUT2D eigenvalue weighted by Gasteiger charge is -2.20. The monoisotopic (exact) mass is 329 g/mol. The quantitative estimate of drug-likeness (QED) is 0.843. The minimum atomic E-state index is -1.49. The van der Waals surface area contributed by atoms with E-state index in [9.17, 15) is 9.00 Å². The largest absolute Gasteiger partial charge is 0.460 e. The van der Waals surface area contributed by atoms with Gasteiger partial charge in [0.1, 0.15) is 9.97 Å². The number of rotatable bonds is 5. The third-order valence-electron chi connectivity index (χ3n) is 2.30. The Balaban J connectivity index is 2.65. The molecule has 2 unspecified atom stereocenters. The number of esters is 1. The topological polar surface area (TPSA) is 69.4 Å². The summed E-state index contributed by atoms with van der Waals surface area (Å²) in [5, 5.41) is 0. The Kier molecular flexibility index (Phi) is 6.58. The van der Waals surface area contributed by atoms with Crippen molar-refractivity contribution < 1.29 is 13.7 Å². The second-order valence-electron chi connectivity index (χ2n) is 5.51. The SMILES string of the molecule is CC(C)(C)OC(=O)CC(N)/C=C(\Cl)S(=O)c1ccccc1. The van der Waals surface area contributed by atoms with E-state index in [2.05, 4.69) is 0 Å². The van der Waals surface area contributed by atoms with Crippen LogP contribution in [0.2, 0.25) is 0 Å². The predicted octanol–water partition coefficient (Wildman–Crippen LogP) is 2.93. The zero-order valence-corrected chi connectivity index (χ0v) is 13.9. The van der Waals surface area contributed by atoms with E-state index in [0.29, 0.717) is 4.90 Å². The Bertz CT molecular complexity index is 538. The first-order chi connectivity index (χ1) is 9.69. The van der Waals surface area contributed by atoms with Crippen LogP contribution in [0.5, 0.6) is 0 Å². The van der Waals surface area contributed by atoms with Crippen LogP contribution in [0.3, 0.4) is 0 Å². The van der Waals surface area contributed by atoms with E-state index in [4.69, 9.17) is 22.1 Å². The third-order valence-corrected chi connectivity index (χ3v) is 4.04. The first-order valence-corrected chi connectivity index (χ1v) is 8.03. The van der Waals surface area contributed by atoms with Crippen LogP contribution in [0.1, 0.15) is 27.2 Å². The summed E-state index contributed by atoms with van der Waals surface area (Å²) < 4.78 is 17.4. The molecule has 2 N–H and O–H groups in total. The fourth-order valence-electron chi connectivity index (χ4n) is 1.52. The van der Waals surface area contributed by atoms with Gasteiger partial charge in [0.25, 0.3) is 0 Å². The number of carbonyl (C=O) groups excluding carboxylic acids is 1. The molecule has 0 heterocycles. The number of ether oxygens (including phenoxy) is 1.